The van der Waals surface area contributed by atoms with E-state index in [-0.39, 0.29) is 0 Å². The first-order valence-corrected chi connectivity index (χ1v) is 5.44. The van der Waals surface area contributed by atoms with Gasteiger partial charge >= 0.3 is 0 Å². The molecule has 0 radical (unpaired) electrons. The van der Waals surface area contributed by atoms with Crippen LogP contribution in [0.15, 0.2) is 11.4 Å². The van der Waals surface area contributed by atoms with Crippen LogP contribution < -0.4 is 5.32 Å². The third kappa shape index (κ3) is 3.13. The third-order valence-corrected chi connectivity index (χ3v) is 3.14. The highest BCUT2D eigenvalue weighted by Crippen LogP contribution is 2.18. The summed E-state index contributed by atoms with van der Waals surface area (Å²) in [6.45, 7) is 5.31. The summed E-state index contributed by atoms with van der Waals surface area (Å²) in [6, 6.07) is 2.60. The maximum atomic E-state index is 5.79. The van der Waals surface area contributed by atoms with E-state index in [1.165, 1.54) is 11.3 Å². The van der Waals surface area contributed by atoms with Gasteiger partial charge in [-0.15, -0.1) is 11.3 Å². The Morgan fingerprint density at radius 2 is 2.42 bits per heavy atom. The van der Waals surface area contributed by atoms with Gasteiger partial charge in [-0.2, -0.15) is 0 Å². The Labute approximate surface area is 82.7 Å². The van der Waals surface area contributed by atoms with Crippen molar-refractivity contribution < 1.29 is 0 Å². The average Bonchev–Trinajstić information content (AvgIpc) is 2.47. The van der Waals surface area contributed by atoms with Crippen LogP contribution in [-0.2, 0) is 6.54 Å². The molecule has 0 saturated carbocycles. The molecule has 0 fully saturated rings. The molecule has 0 aliphatic carbocycles. The molecule has 1 nitrogen and oxygen atoms in total. The van der Waals surface area contributed by atoms with Crippen molar-refractivity contribution >= 4 is 22.9 Å². The van der Waals surface area contributed by atoms with E-state index in [0.717, 1.165) is 11.6 Å². The highest BCUT2D eigenvalue weighted by Gasteiger charge is 2.00. The number of rotatable bonds is 4. The third-order valence-electron chi connectivity index (χ3n) is 1.86. The lowest BCUT2D eigenvalue weighted by molar-refractivity contribution is 0.537. The molecule has 0 aliphatic heterocycles. The van der Waals surface area contributed by atoms with Crippen LogP contribution in [0.2, 0.25) is 5.02 Å². The second-order valence-electron chi connectivity index (χ2n) is 2.92. The molecule has 0 spiro atoms. The molecule has 1 N–H and O–H groups in total. The van der Waals surface area contributed by atoms with Crippen LogP contribution in [0.4, 0.5) is 0 Å². The molecule has 1 heterocycles. The smallest absolute Gasteiger partial charge is 0.0516 e. The van der Waals surface area contributed by atoms with E-state index in [9.17, 15) is 0 Å². The van der Waals surface area contributed by atoms with Gasteiger partial charge in [-0.05, 0) is 19.4 Å². The van der Waals surface area contributed by atoms with Crippen LogP contribution in [0.5, 0.6) is 0 Å². The largest absolute Gasteiger partial charge is 0.309 e. The SMILES string of the molecule is CCC(C)NCc1cc(Cl)cs1. The normalized spacial score (nSPS) is 13.2. The standard InChI is InChI=1S/C9H14ClNS/c1-3-7(2)11-5-9-4-8(10)6-12-9/h4,6-7,11H,3,5H2,1-2H3. The summed E-state index contributed by atoms with van der Waals surface area (Å²) in [7, 11) is 0. The Bertz CT molecular complexity index is 234. The van der Waals surface area contributed by atoms with E-state index >= 15 is 0 Å². The molecule has 1 aromatic rings. The number of hydrogen-bond acceptors (Lipinski definition) is 2. The molecule has 0 amide bonds. The second-order valence-corrected chi connectivity index (χ2v) is 4.35. The van der Waals surface area contributed by atoms with Crippen molar-refractivity contribution in [2.45, 2.75) is 32.9 Å². The van der Waals surface area contributed by atoms with E-state index in [1.54, 1.807) is 11.3 Å². The number of thiophene rings is 1. The van der Waals surface area contributed by atoms with Crippen LogP contribution in [-0.4, -0.2) is 6.04 Å². The van der Waals surface area contributed by atoms with E-state index < -0.39 is 0 Å². The Kier molecular flexibility index (Phi) is 4.06. The molecular weight excluding hydrogens is 190 g/mol. The minimum absolute atomic E-state index is 0.589. The zero-order chi connectivity index (χ0) is 8.97. The summed E-state index contributed by atoms with van der Waals surface area (Å²) < 4.78 is 0. The molecule has 0 aromatic carbocycles. The van der Waals surface area contributed by atoms with Gasteiger partial charge in [0.05, 0.1) is 5.02 Å². The molecule has 0 aliphatic rings. The van der Waals surface area contributed by atoms with Gasteiger partial charge in [-0.1, -0.05) is 18.5 Å². The van der Waals surface area contributed by atoms with Crippen molar-refractivity contribution in [1.82, 2.24) is 5.32 Å². The van der Waals surface area contributed by atoms with Gasteiger partial charge < -0.3 is 5.32 Å². The summed E-state index contributed by atoms with van der Waals surface area (Å²) in [5, 5.41) is 6.23. The Hall–Kier alpha value is -0.0500. The predicted octanol–water partition coefficient (Wildman–Crippen LogP) is 3.29. The van der Waals surface area contributed by atoms with Crippen molar-refractivity contribution in [3.8, 4) is 0 Å². The van der Waals surface area contributed by atoms with Crippen LogP contribution in [0, 0.1) is 0 Å². The fourth-order valence-electron chi connectivity index (χ4n) is 0.866. The van der Waals surface area contributed by atoms with Crippen LogP contribution in [0.3, 0.4) is 0 Å². The first-order valence-electron chi connectivity index (χ1n) is 4.18. The predicted molar refractivity (Wildman–Crippen MR) is 55.9 cm³/mol. The molecule has 12 heavy (non-hydrogen) atoms. The summed E-state index contributed by atoms with van der Waals surface area (Å²) in [5.74, 6) is 0. The zero-order valence-corrected chi connectivity index (χ0v) is 9.00. The monoisotopic (exact) mass is 203 g/mol. The number of halogens is 1. The van der Waals surface area contributed by atoms with Crippen molar-refractivity contribution in [2.24, 2.45) is 0 Å². The quantitative estimate of drug-likeness (QED) is 0.792. The number of hydrogen-bond donors (Lipinski definition) is 1. The zero-order valence-electron chi connectivity index (χ0n) is 7.43. The summed E-state index contributed by atoms with van der Waals surface area (Å²) in [5.41, 5.74) is 0. The summed E-state index contributed by atoms with van der Waals surface area (Å²) in [4.78, 5) is 1.31. The molecule has 1 unspecified atom stereocenters. The Morgan fingerprint density at radius 1 is 1.67 bits per heavy atom. The van der Waals surface area contributed by atoms with Gasteiger partial charge in [-0.25, -0.2) is 0 Å². The van der Waals surface area contributed by atoms with E-state index in [2.05, 4.69) is 19.2 Å². The van der Waals surface area contributed by atoms with Gasteiger partial charge in [0, 0.05) is 22.8 Å². The highest BCUT2D eigenvalue weighted by atomic mass is 35.5. The summed E-state index contributed by atoms with van der Waals surface area (Å²) in [6.07, 6.45) is 1.17. The fourth-order valence-corrected chi connectivity index (χ4v) is 1.89. The van der Waals surface area contributed by atoms with E-state index in [0.29, 0.717) is 6.04 Å². The van der Waals surface area contributed by atoms with Crippen molar-refractivity contribution in [2.75, 3.05) is 0 Å². The highest BCUT2D eigenvalue weighted by molar-refractivity contribution is 7.10. The first-order chi connectivity index (χ1) is 5.72. The Morgan fingerprint density at radius 3 is 2.92 bits per heavy atom. The van der Waals surface area contributed by atoms with Gasteiger partial charge in [0.2, 0.25) is 0 Å². The lowest BCUT2D eigenvalue weighted by Gasteiger charge is -2.09. The lowest BCUT2D eigenvalue weighted by atomic mass is 10.2. The molecule has 1 aromatic heterocycles. The van der Waals surface area contributed by atoms with Gasteiger partial charge in [0.25, 0.3) is 0 Å². The lowest BCUT2D eigenvalue weighted by Crippen LogP contribution is -2.23. The van der Waals surface area contributed by atoms with Gasteiger partial charge in [0.1, 0.15) is 0 Å². The average molecular weight is 204 g/mol. The summed E-state index contributed by atoms with van der Waals surface area (Å²) >= 11 is 7.50. The molecule has 1 rings (SSSR count). The molecular formula is C9H14ClNS. The van der Waals surface area contributed by atoms with Crippen LogP contribution in [0.1, 0.15) is 25.1 Å². The van der Waals surface area contributed by atoms with Crippen molar-refractivity contribution in [3.63, 3.8) is 0 Å². The first kappa shape index (κ1) is 10.0. The van der Waals surface area contributed by atoms with Crippen LogP contribution in [0.25, 0.3) is 0 Å². The van der Waals surface area contributed by atoms with Crippen LogP contribution >= 0.6 is 22.9 Å². The fraction of sp³-hybridized carbons (Fsp3) is 0.556. The molecule has 3 heteroatoms. The van der Waals surface area contributed by atoms with Gasteiger partial charge in [-0.3, -0.25) is 0 Å². The molecule has 0 bridgehead atoms. The van der Waals surface area contributed by atoms with Gasteiger partial charge in [0.15, 0.2) is 0 Å². The second kappa shape index (κ2) is 4.85. The Balaban J connectivity index is 2.33. The molecule has 1 atom stereocenters. The van der Waals surface area contributed by atoms with E-state index in [1.807, 2.05) is 11.4 Å². The van der Waals surface area contributed by atoms with Crippen molar-refractivity contribution in [1.29, 1.82) is 0 Å². The van der Waals surface area contributed by atoms with E-state index in [4.69, 9.17) is 11.6 Å². The maximum Gasteiger partial charge on any atom is 0.0516 e. The molecule has 0 saturated heterocycles. The minimum atomic E-state index is 0.589. The number of nitrogens with one attached hydrogen (secondary N) is 1. The topological polar surface area (TPSA) is 12.0 Å². The van der Waals surface area contributed by atoms with Crippen molar-refractivity contribution in [3.05, 3.63) is 21.3 Å². The maximum absolute atomic E-state index is 5.79. The molecule has 68 valence electrons. The minimum Gasteiger partial charge on any atom is -0.309 e.